The van der Waals surface area contributed by atoms with Crippen LogP contribution in [0.15, 0.2) is 49.1 Å². The lowest BCUT2D eigenvalue weighted by Gasteiger charge is -2.12. The van der Waals surface area contributed by atoms with Crippen LogP contribution in [0.2, 0.25) is 0 Å². The van der Waals surface area contributed by atoms with Gasteiger partial charge in [0.15, 0.2) is 0 Å². The number of aromatic amines is 1. The van der Waals surface area contributed by atoms with E-state index in [0.717, 1.165) is 24.7 Å². The number of nitrogens with one attached hydrogen (secondary N) is 2. The minimum atomic E-state index is -4.49. The number of aromatic nitrogens is 4. The Morgan fingerprint density at radius 1 is 1.06 bits per heavy atom. The second-order valence-electron chi connectivity index (χ2n) is 7.77. The molecule has 0 radical (unpaired) electrons. The molecule has 2 N–H and O–H groups in total. The average molecular weight is 493 g/mol. The van der Waals surface area contributed by atoms with Gasteiger partial charge in [0.1, 0.15) is 5.65 Å². The Balaban J connectivity index is 1.51. The predicted octanol–water partition coefficient (Wildman–Crippen LogP) is 4.26. The molecule has 0 aliphatic rings. The molecular formula is C22H19F4N5O2S. The van der Waals surface area contributed by atoms with Gasteiger partial charge in [0.05, 0.1) is 23.7 Å². The number of hydrogen-bond acceptors (Lipinski definition) is 5. The van der Waals surface area contributed by atoms with Crippen molar-refractivity contribution in [3.8, 4) is 0 Å². The molecular weight excluding hydrogens is 474 g/mol. The molecule has 4 heterocycles. The Hall–Kier alpha value is -3.54. The quantitative estimate of drug-likeness (QED) is 0.296. The predicted molar refractivity (Wildman–Crippen MR) is 118 cm³/mol. The molecule has 12 heteroatoms. The van der Waals surface area contributed by atoms with Crippen LogP contribution < -0.4 is 4.72 Å². The van der Waals surface area contributed by atoms with Crippen molar-refractivity contribution in [1.82, 2.24) is 19.9 Å². The molecule has 0 atom stereocenters. The number of rotatable bonds is 7. The van der Waals surface area contributed by atoms with Gasteiger partial charge in [0.2, 0.25) is 16.0 Å². The maximum Gasteiger partial charge on any atom is 0.416 e. The molecule has 4 aromatic heterocycles. The summed E-state index contributed by atoms with van der Waals surface area (Å²) >= 11 is 0. The first kappa shape index (κ1) is 23.6. The highest BCUT2D eigenvalue weighted by molar-refractivity contribution is 7.92. The van der Waals surface area contributed by atoms with E-state index in [4.69, 9.17) is 0 Å². The second kappa shape index (κ2) is 9.01. The third-order valence-electron chi connectivity index (χ3n) is 5.14. The minimum Gasteiger partial charge on any atom is -0.346 e. The second-order valence-corrected chi connectivity index (χ2v) is 9.52. The fourth-order valence-electron chi connectivity index (χ4n) is 3.62. The van der Waals surface area contributed by atoms with Gasteiger partial charge in [-0.15, -0.1) is 0 Å². The minimum absolute atomic E-state index is 0.0126. The molecule has 0 aliphatic heterocycles. The molecule has 34 heavy (non-hydrogen) atoms. The van der Waals surface area contributed by atoms with Gasteiger partial charge < -0.3 is 4.98 Å². The Morgan fingerprint density at radius 2 is 1.85 bits per heavy atom. The summed E-state index contributed by atoms with van der Waals surface area (Å²) in [5.74, 6) is -0.729. The smallest absolute Gasteiger partial charge is 0.346 e. The number of aryl methyl sites for hydroxylation is 2. The third-order valence-corrected chi connectivity index (χ3v) is 5.75. The molecule has 0 aliphatic carbocycles. The van der Waals surface area contributed by atoms with Crippen LogP contribution in [0.3, 0.4) is 0 Å². The van der Waals surface area contributed by atoms with Gasteiger partial charge >= 0.3 is 6.18 Å². The van der Waals surface area contributed by atoms with E-state index in [0.29, 0.717) is 22.3 Å². The summed E-state index contributed by atoms with van der Waals surface area (Å²) in [7, 11) is -3.49. The molecule has 0 bridgehead atoms. The van der Waals surface area contributed by atoms with E-state index in [1.807, 2.05) is 0 Å². The van der Waals surface area contributed by atoms with Crippen molar-refractivity contribution in [2.75, 3.05) is 11.0 Å². The number of anilines is 1. The lowest BCUT2D eigenvalue weighted by molar-refractivity contribution is -0.138. The van der Waals surface area contributed by atoms with Gasteiger partial charge in [0, 0.05) is 41.7 Å². The van der Waals surface area contributed by atoms with Crippen molar-refractivity contribution >= 4 is 26.7 Å². The van der Waals surface area contributed by atoms with Crippen LogP contribution in [0.5, 0.6) is 0 Å². The Kier molecular flexibility index (Phi) is 6.26. The molecule has 0 amide bonds. The van der Waals surface area contributed by atoms with Crippen LogP contribution in [0.25, 0.3) is 11.0 Å². The molecule has 178 valence electrons. The maximum absolute atomic E-state index is 14.7. The highest BCUT2D eigenvalue weighted by Gasteiger charge is 2.33. The van der Waals surface area contributed by atoms with Crippen molar-refractivity contribution in [2.45, 2.75) is 25.4 Å². The van der Waals surface area contributed by atoms with Crippen LogP contribution in [0, 0.1) is 5.95 Å². The van der Waals surface area contributed by atoms with E-state index in [1.165, 1.54) is 12.3 Å². The van der Waals surface area contributed by atoms with E-state index in [-0.39, 0.29) is 36.1 Å². The fraction of sp³-hybridized carbons (Fsp3) is 0.227. The van der Waals surface area contributed by atoms with Gasteiger partial charge in [0.25, 0.3) is 0 Å². The summed E-state index contributed by atoms with van der Waals surface area (Å²) in [6.07, 6.45) is 2.07. The van der Waals surface area contributed by atoms with E-state index in [2.05, 4.69) is 24.7 Å². The molecule has 0 fully saturated rings. The zero-order valence-electron chi connectivity index (χ0n) is 17.8. The largest absolute Gasteiger partial charge is 0.416 e. The number of H-pyrrole nitrogens is 1. The molecule has 0 saturated carbocycles. The van der Waals surface area contributed by atoms with Crippen molar-refractivity contribution in [2.24, 2.45) is 0 Å². The van der Waals surface area contributed by atoms with Crippen LogP contribution >= 0.6 is 0 Å². The van der Waals surface area contributed by atoms with Crippen molar-refractivity contribution < 1.29 is 26.0 Å². The lowest BCUT2D eigenvalue weighted by atomic mass is 10.0. The lowest BCUT2D eigenvalue weighted by Crippen LogP contribution is -2.10. The first-order valence-corrected chi connectivity index (χ1v) is 12.0. The zero-order valence-corrected chi connectivity index (χ0v) is 18.6. The summed E-state index contributed by atoms with van der Waals surface area (Å²) in [4.78, 5) is 14.8. The Morgan fingerprint density at radius 3 is 2.56 bits per heavy atom. The van der Waals surface area contributed by atoms with Crippen LogP contribution in [0.4, 0.5) is 23.2 Å². The third kappa shape index (κ3) is 5.50. The summed E-state index contributed by atoms with van der Waals surface area (Å²) < 4.78 is 79.4. The highest BCUT2D eigenvalue weighted by Crippen LogP contribution is 2.32. The van der Waals surface area contributed by atoms with Gasteiger partial charge in [-0.1, -0.05) is 6.07 Å². The number of fused-ring (bicyclic) bond motifs is 1. The normalized spacial score (nSPS) is 12.3. The standard InChI is InChI=1S/C22H19F4N5O2S/c1-34(32,33)31-17-9-18-15(11-28-21(18)29-12-17)8-13-2-4-16(30-20(13)23)5-3-14-10-27-7-6-19(14)22(24,25)26/h2,4,6-7,9-12,31H,3,5,8H2,1H3,(H,28,29). The number of sulfonamides is 1. The first-order valence-electron chi connectivity index (χ1n) is 10.1. The average Bonchev–Trinajstić information content (AvgIpc) is 3.14. The van der Waals surface area contributed by atoms with Gasteiger partial charge in [-0.2, -0.15) is 17.6 Å². The Bertz CT molecular complexity index is 1450. The number of hydrogen-bond donors (Lipinski definition) is 2. The molecule has 0 spiro atoms. The topological polar surface area (TPSA) is 101 Å². The molecule has 0 unspecified atom stereocenters. The monoisotopic (exact) mass is 493 g/mol. The summed E-state index contributed by atoms with van der Waals surface area (Å²) in [5.41, 5.74) is 1.32. The zero-order chi connectivity index (χ0) is 24.5. The van der Waals surface area contributed by atoms with Crippen LogP contribution in [0.1, 0.15) is 27.9 Å². The van der Waals surface area contributed by atoms with Crippen LogP contribution in [-0.4, -0.2) is 34.6 Å². The van der Waals surface area contributed by atoms with Crippen LogP contribution in [-0.2, 0) is 35.5 Å². The summed E-state index contributed by atoms with van der Waals surface area (Å²) in [6.45, 7) is 0. The summed E-state index contributed by atoms with van der Waals surface area (Å²) in [6, 6.07) is 5.63. The number of pyridine rings is 3. The van der Waals surface area contributed by atoms with E-state index in [1.54, 1.807) is 18.3 Å². The molecule has 7 nitrogen and oxygen atoms in total. The van der Waals surface area contributed by atoms with Crippen molar-refractivity contribution in [1.29, 1.82) is 0 Å². The van der Waals surface area contributed by atoms with Crippen molar-refractivity contribution in [3.05, 3.63) is 82.9 Å². The van der Waals surface area contributed by atoms with E-state index in [9.17, 15) is 26.0 Å². The molecule has 0 saturated heterocycles. The van der Waals surface area contributed by atoms with E-state index < -0.39 is 27.7 Å². The van der Waals surface area contributed by atoms with Gasteiger partial charge in [-0.25, -0.2) is 18.4 Å². The number of nitrogens with zero attached hydrogens (tertiary/aromatic N) is 3. The van der Waals surface area contributed by atoms with E-state index >= 15 is 0 Å². The number of halogens is 4. The van der Waals surface area contributed by atoms with Gasteiger partial charge in [-0.05, 0) is 42.2 Å². The molecule has 0 aromatic carbocycles. The first-order chi connectivity index (χ1) is 16.0. The maximum atomic E-state index is 14.7. The molecule has 4 rings (SSSR count). The number of alkyl halides is 3. The van der Waals surface area contributed by atoms with Crippen molar-refractivity contribution in [3.63, 3.8) is 0 Å². The Labute approximate surface area is 192 Å². The molecule has 4 aromatic rings. The van der Waals surface area contributed by atoms with Gasteiger partial charge in [-0.3, -0.25) is 9.71 Å². The SMILES string of the molecule is CS(=O)(=O)Nc1cnc2[nH]cc(Cc3ccc(CCc4cnccc4C(F)(F)F)nc3F)c2c1. The summed E-state index contributed by atoms with van der Waals surface area (Å²) in [5, 5.41) is 0.619. The highest BCUT2D eigenvalue weighted by atomic mass is 32.2. The fourth-order valence-corrected chi connectivity index (χ4v) is 4.16.